The van der Waals surface area contributed by atoms with Crippen LogP contribution in [0.2, 0.25) is 0 Å². The lowest BCUT2D eigenvalue weighted by Crippen LogP contribution is -2.49. The van der Waals surface area contributed by atoms with Crippen LogP contribution in [0.15, 0.2) is 50.6 Å². The van der Waals surface area contributed by atoms with Crippen LogP contribution in [-0.2, 0) is 19.2 Å². The molecule has 8 nitrogen and oxygen atoms in total. The second-order valence-corrected chi connectivity index (χ2v) is 4.27. The van der Waals surface area contributed by atoms with Crippen LogP contribution >= 0.6 is 0 Å². The van der Waals surface area contributed by atoms with E-state index in [0.29, 0.717) is 26.2 Å². The van der Waals surface area contributed by atoms with Crippen LogP contribution in [-0.4, -0.2) is 59.6 Å². The third kappa shape index (κ3) is 11.5. The highest BCUT2D eigenvalue weighted by Gasteiger charge is 2.20. The van der Waals surface area contributed by atoms with Gasteiger partial charge in [0.1, 0.15) is 0 Å². The molecule has 0 radical (unpaired) electrons. The fourth-order valence-corrected chi connectivity index (χ4v) is 1.41. The molecule has 1 saturated heterocycles. The van der Waals surface area contributed by atoms with Crippen molar-refractivity contribution in [2.24, 2.45) is 11.5 Å². The predicted octanol–water partition coefficient (Wildman–Crippen LogP) is -0.655. The molecule has 1 aliphatic rings. The van der Waals surface area contributed by atoms with Crippen LogP contribution in [0.3, 0.4) is 0 Å². The number of primary amides is 2. The summed E-state index contributed by atoms with van der Waals surface area (Å²) in [6, 6.07) is 0. The average Bonchev–Trinajstić information content (AvgIpc) is 2.61. The number of nitrogens with two attached hydrogens (primary N) is 2. The largest absolute Gasteiger partial charge is 0.366 e. The summed E-state index contributed by atoms with van der Waals surface area (Å²) in [6.07, 6.45) is 4.70. The Hall–Kier alpha value is -3.16. The molecule has 1 aliphatic heterocycles. The van der Waals surface area contributed by atoms with E-state index >= 15 is 0 Å². The summed E-state index contributed by atoms with van der Waals surface area (Å²) in [6.45, 7) is 15.3. The van der Waals surface area contributed by atoms with E-state index in [0.717, 1.165) is 12.2 Å². The molecule has 4 N–H and O–H groups in total. The summed E-state index contributed by atoms with van der Waals surface area (Å²) in [5.74, 6) is -1.11. The molecule has 132 valence electrons. The molecule has 0 atom stereocenters. The number of hydrogen-bond acceptors (Lipinski definition) is 4. The Kier molecular flexibility index (Phi) is 13.0. The molecule has 4 amide bonds. The smallest absolute Gasteiger partial charge is 0.246 e. The van der Waals surface area contributed by atoms with Crippen molar-refractivity contribution in [2.45, 2.75) is 0 Å². The maximum atomic E-state index is 11.2. The van der Waals surface area contributed by atoms with Crippen LogP contribution in [0, 0.1) is 0 Å². The predicted molar refractivity (Wildman–Crippen MR) is 92.3 cm³/mol. The molecule has 0 bridgehead atoms. The van der Waals surface area contributed by atoms with Gasteiger partial charge in [-0.2, -0.15) is 0 Å². The van der Waals surface area contributed by atoms with Crippen molar-refractivity contribution in [3.8, 4) is 0 Å². The topological polar surface area (TPSA) is 127 Å². The fraction of sp³-hybridized carbons (Fsp3) is 0.250. The Morgan fingerprint density at radius 2 is 0.833 bits per heavy atom. The molecule has 0 unspecified atom stereocenters. The molecule has 0 aromatic heterocycles. The van der Waals surface area contributed by atoms with E-state index in [2.05, 4.69) is 37.8 Å². The number of piperazine rings is 1. The molecule has 8 heteroatoms. The third-order valence-corrected chi connectivity index (χ3v) is 2.65. The zero-order valence-electron chi connectivity index (χ0n) is 13.6. The van der Waals surface area contributed by atoms with Gasteiger partial charge in [0, 0.05) is 26.2 Å². The number of carbonyl (C=O) groups is 4. The van der Waals surface area contributed by atoms with Crippen LogP contribution in [0.25, 0.3) is 0 Å². The van der Waals surface area contributed by atoms with E-state index in [1.807, 2.05) is 0 Å². The van der Waals surface area contributed by atoms with Gasteiger partial charge in [0.25, 0.3) is 0 Å². The Bertz CT molecular complexity index is 460. The molecule has 0 aromatic rings. The first-order chi connectivity index (χ1) is 11.2. The van der Waals surface area contributed by atoms with Crippen molar-refractivity contribution in [1.29, 1.82) is 0 Å². The Morgan fingerprint density at radius 3 is 0.958 bits per heavy atom. The minimum atomic E-state index is -0.481. The molecule has 1 rings (SSSR count). The number of rotatable bonds is 4. The summed E-state index contributed by atoms with van der Waals surface area (Å²) in [5.41, 5.74) is 9.07. The van der Waals surface area contributed by atoms with Gasteiger partial charge in [0.05, 0.1) is 0 Å². The summed E-state index contributed by atoms with van der Waals surface area (Å²) < 4.78 is 0. The number of hydrogen-bond donors (Lipinski definition) is 2. The van der Waals surface area contributed by atoms with Crippen LogP contribution < -0.4 is 11.5 Å². The number of nitrogens with zero attached hydrogens (tertiary/aromatic N) is 2. The lowest BCUT2D eigenvalue weighted by atomic mass is 10.3. The second-order valence-electron chi connectivity index (χ2n) is 4.27. The van der Waals surface area contributed by atoms with E-state index in [1.54, 1.807) is 9.80 Å². The summed E-state index contributed by atoms with van der Waals surface area (Å²) >= 11 is 0. The Balaban J connectivity index is 0. The van der Waals surface area contributed by atoms with E-state index in [1.165, 1.54) is 12.2 Å². The first kappa shape index (κ1) is 23.1. The van der Waals surface area contributed by atoms with Crippen molar-refractivity contribution >= 4 is 23.6 Å². The normalized spacial score (nSPS) is 12.2. The molecule has 1 heterocycles. The van der Waals surface area contributed by atoms with Crippen molar-refractivity contribution in [3.05, 3.63) is 50.6 Å². The first-order valence-corrected chi connectivity index (χ1v) is 6.89. The van der Waals surface area contributed by atoms with Gasteiger partial charge in [-0.25, -0.2) is 0 Å². The molecule has 0 aliphatic carbocycles. The van der Waals surface area contributed by atoms with Gasteiger partial charge in [-0.05, 0) is 24.3 Å². The van der Waals surface area contributed by atoms with Crippen molar-refractivity contribution in [3.63, 3.8) is 0 Å². The molecule has 0 spiro atoms. The fourth-order valence-electron chi connectivity index (χ4n) is 1.41. The van der Waals surface area contributed by atoms with Crippen molar-refractivity contribution in [2.75, 3.05) is 26.2 Å². The van der Waals surface area contributed by atoms with Gasteiger partial charge in [-0.1, -0.05) is 26.3 Å². The van der Waals surface area contributed by atoms with Gasteiger partial charge >= 0.3 is 0 Å². The highest BCUT2D eigenvalue weighted by molar-refractivity contribution is 5.89. The monoisotopic (exact) mass is 336 g/mol. The zero-order chi connectivity index (χ0) is 19.1. The lowest BCUT2D eigenvalue weighted by molar-refractivity contribution is -0.134. The van der Waals surface area contributed by atoms with Crippen molar-refractivity contribution in [1.82, 2.24) is 9.80 Å². The minimum Gasteiger partial charge on any atom is -0.366 e. The maximum absolute atomic E-state index is 11.2. The molecule has 1 fully saturated rings. The maximum Gasteiger partial charge on any atom is 0.246 e. The minimum absolute atomic E-state index is 0.0734. The Labute approximate surface area is 141 Å². The van der Waals surface area contributed by atoms with Gasteiger partial charge in [-0.3, -0.25) is 19.2 Å². The van der Waals surface area contributed by atoms with E-state index in [-0.39, 0.29) is 11.8 Å². The molecule has 0 saturated carbocycles. The number of carbonyl (C=O) groups excluding carboxylic acids is 4. The quantitative estimate of drug-likeness (QED) is 0.661. The van der Waals surface area contributed by atoms with E-state index in [4.69, 9.17) is 0 Å². The molecule has 0 aromatic carbocycles. The standard InChI is InChI=1S/C10H14N2O2.2C3H5NO/c1-3-9(13)11-5-7-12(8-6-11)10(14)4-2;2*1-2-3(4)5/h3-4H,1-2,5-8H2;2*2H,1H2,(H2,4,5). The highest BCUT2D eigenvalue weighted by Crippen LogP contribution is 2.02. The third-order valence-electron chi connectivity index (χ3n) is 2.65. The summed E-state index contributed by atoms with van der Waals surface area (Å²) in [4.78, 5) is 44.7. The van der Waals surface area contributed by atoms with Crippen LogP contribution in [0.4, 0.5) is 0 Å². The second kappa shape index (κ2) is 13.5. The number of amides is 4. The zero-order valence-corrected chi connectivity index (χ0v) is 13.6. The molecular formula is C16H24N4O4. The van der Waals surface area contributed by atoms with Gasteiger partial charge in [0.2, 0.25) is 23.6 Å². The van der Waals surface area contributed by atoms with E-state index < -0.39 is 11.8 Å². The molecule has 24 heavy (non-hydrogen) atoms. The molecular weight excluding hydrogens is 312 g/mol. The first-order valence-electron chi connectivity index (χ1n) is 6.89. The summed E-state index contributed by atoms with van der Waals surface area (Å²) in [7, 11) is 0. The lowest BCUT2D eigenvalue weighted by Gasteiger charge is -2.33. The Morgan fingerprint density at radius 1 is 0.625 bits per heavy atom. The SMILES string of the molecule is C=CC(=O)N1CCN(C(=O)C=C)CC1.C=CC(N)=O.C=CC(N)=O. The highest BCUT2D eigenvalue weighted by atomic mass is 16.2. The van der Waals surface area contributed by atoms with E-state index in [9.17, 15) is 19.2 Å². The van der Waals surface area contributed by atoms with Gasteiger partial charge in [0.15, 0.2) is 0 Å². The van der Waals surface area contributed by atoms with Crippen molar-refractivity contribution < 1.29 is 19.2 Å². The summed E-state index contributed by atoms with van der Waals surface area (Å²) in [5, 5.41) is 0. The van der Waals surface area contributed by atoms with Crippen LogP contribution in [0.5, 0.6) is 0 Å². The average molecular weight is 336 g/mol. The van der Waals surface area contributed by atoms with Gasteiger partial charge in [-0.15, -0.1) is 0 Å². The van der Waals surface area contributed by atoms with Crippen LogP contribution in [0.1, 0.15) is 0 Å². The van der Waals surface area contributed by atoms with Gasteiger partial charge < -0.3 is 21.3 Å².